The number of hydrogen-bond acceptors (Lipinski definition) is 4. The van der Waals surface area contributed by atoms with E-state index in [1.807, 2.05) is 31.2 Å². The average molecular weight is 312 g/mol. The lowest BCUT2D eigenvalue weighted by atomic mass is 10.3. The fourth-order valence-corrected chi connectivity index (χ4v) is 2.62. The summed E-state index contributed by atoms with van der Waals surface area (Å²) >= 11 is 1.56. The average Bonchev–Trinajstić information content (AvgIpc) is 3.05. The smallest absolute Gasteiger partial charge is 0.248 e. The summed E-state index contributed by atoms with van der Waals surface area (Å²) in [6.45, 7) is 1.88. The van der Waals surface area contributed by atoms with Gasteiger partial charge in [-0.3, -0.25) is 4.79 Å². The molecule has 0 fully saturated rings. The van der Waals surface area contributed by atoms with Gasteiger partial charge in [-0.15, -0.1) is 11.8 Å². The number of anilines is 1. The van der Waals surface area contributed by atoms with Gasteiger partial charge in [0.2, 0.25) is 5.91 Å². The molecule has 1 heterocycles. The SMILES string of the molecule is CC(C#N)CSc1ccccc1NC(=O)C=Cc1ccco1. The maximum absolute atomic E-state index is 12.0. The molecular formula is C17H16N2O2S. The molecular weight excluding hydrogens is 296 g/mol. The lowest BCUT2D eigenvalue weighted by molar-refractivity contribution is -0.111. The molecule has 0 aliphatic rings. The zero-order valence-corrected chi connectivity index (χ0v) is 13.0. The molecule has 2 aromatic rings. The van der Waals surface area contributed by atoms with E-state index in [0.29, 0.717) is 11.5 Å². The van der Waals surface area contributed by atoms with E-state index in [2.05, 4.69) is 11.4 Å². The highest BCUT2D eigenvalue weighted by atomic mass is 32.2. The van der Waals surface area contributed by atoms with Crippen LogP contribution in [0, 0.1) is 17.2 Å². The Bertz CT molecular complexity index is 687. The van der Waals surface area contributed by atoms with Crippen LogP contribution in [0.15, 0.2) is 58.1 Å². The summed E-state index contributed by atoms with van der Waals surface area (Å²) in [7, 11) is 0. The van der Waals surface area contributed by atoms with Gasteiger partial charge >= 0.3 is 0 Å². The molecule has 1 N–H and O–H groups in total. The molecule has 0 bridgehead atoms. The largest absolute Gasteiger partial charge is 0.465 e. The number of nitriles is 1. The molecule has 5 heteroatoms. The summed E-state index contributed by atoms with van der Waals surface area (Å²) in [4.78, 5) is 12.9. The van der Waals surface area contributed by atoms with Crippen molar-refractivity contribution in [2.75, 3.05) is 11.1 Å². The van der Waals surface area contributed by atoms with Crippen molar-refractivity contribution in [2.24, 2.45) is 5.92 Å². The zero-order valence-electron chi connectivity index (χ0n) is 12.2. The number of para-hydroxylation sites is 1. The maximum Gasteiger partial charge on any atom is 0.248 e. The second kappa shape index (κ2) is 8.11. The molecule has 22 heavy (non-hydrogen) atoms. The van der Waals surface area contributed by atoms with E-state index in [-0.39, 0.29) is 11.8 Å². The van der Waals surface area contributed by atoms with Crippen molar-refractivity contribution in [3.63, 3.8) is 0 Å². The molecule has 1 aromatic carbocycles. The Labute approximate surface area is 133 Å². The van der Waals surface area contributed by atoms with Gasteiger partial charge in [-0.1, -0.05) is 12.1 Å². The van der Waals surface area contributed by atoms with E-state index in [9.17, 15) is 4.79 Å². The van der Waals surface area contributed by atoms with Gasteiger partial charge in [0.1, 0.15) is 5.76 Å². The van der Waals surface area contributed by atoms with Gasteiger partial charge in [0.25, 0.3) is 0 Å². The van der Waals surface area contributed by atoms with Crippen LogP contribution in [0.3, 0.4) is 0 Å². The molecule has 2 rings (SSSR count). The molecule has 0 aliphatic heterocycles. The molecule has 0 saturated heterocycles. The van der Waals surface area contributed by atoms with Crippen molar-refractivity contribution in [1.29, 1.82) is 5.26 Å². The maximum atomic E-state index is 12.0. The highest BCUT2D eigenvalue weighted by molar-refractivity contribution is 7.99. The molecule has 0 saturated carbocycles. The monoisotopic (exact) mass is 312 g/mol. The number of furan rings is 1. The number of rotatable bonds is 6. The number of benzene rings is 1. The quantitative estimate of drug-likeness (QED) is 0.642. The van der Waals surface area contributed by atoms with E-state index in [1.165, 1.54) is 6.08 Å². The Morgan fingerprint density at radius 3 is 2.95 bits per heavy atom. The summed E-state index contributed by atoms with van der Waals surface area (Å²) in [5.74, 6) is 1.05. The number of nitrogens with zero attached hydrogens (tertiary/aromatic N) is 1. The van der Waals surface area contributed by atoms with Gasteiger partial charge in [-0.2, -0.15) is 5.26 Å². The van der Waals surface area contributed by atoms with Crippen molar-refractivity contribution >= 4 is 29.4 Å². The molecule has 112 valence electrons. The summed E-state index contributed by atoms with van der Waals surface area (Å²) in [5, 5.41) is 11.7. The van der Waals surface area contributed by atoms with Gasteiger partial charge in [-0.25, -0.2) is 0 Å². The first kappa shape index (κ1) is 15.9. The first-order valence-electron chi connectivity index (χ1n) is 6.83. The van der Waals surface area contributed by atoms with Gasteiger partial charge in [0.05, 0.1) is 23.9 Å². The highest BCUT2D eigenvalue weighted by Crippen LogP contribution is 2.28. The van der Waals surface area contributed by atoms with E-state index in [0.717, 1.165) is 10.6 Å². The molecule has 0 aliphatic carbocycles. The normalized spacial score (nSPS) is 12.0. The Hall–Kier alpha value is -2.45. The van der Waals surface area contributed by atoms with Crippen LogP contribution in [0.5, 0.6) is 0 Å². The third-order valence-electron chi connectivity index (χ3n) is 2.80. The summed E-state index contributed by atoms with van der Waals surface area (Å²) in [6, 6.07) is 13.3. The molecule has 0 radical (unpaired) electrons. The predicted octanol–water partition coefficient (Wildman–Crippen LogP) is 4.18. The van der Waals surface area contributed by atoms with E-state index in [4.69, 9.17) is 9.68 Å². The summed E-state index contributed by atoms with van der Waals surface area (Å²) < 4.78 is 5.13. The molecule has 1 atom stereocenters. The fraction of sp³-hybridized carbons (Fsp3) is 0.176. The van der Waals surface area contributed by atoms with Gasteiger partial charge < -0.3 is 9.73 Å². The Morgan fingerprint density at radius 1 is 1.41 bits per heavy atom. The third kappa shape index (κ3) is 4.83. The Morgan fingerprint density at radius 2 is 2.23 bits per heavy atom. The van der Waals surface area contributed by atoms with E-state index < -0.39 is 0 Å². The molecule has 1 aromatic heterocycles. The minimum absolute atomic E-state index is 0.0346. The first-order valence-corrected chi connectivity index (χ1v) is 7.81. The highest BCUT2D eigenvalue weighted by Gasteiger charge is 2.07. The third-order valence-corrected chi connectivity index (χ3v) is 4.13. The summed E-state index contributed by atoms with van der Waals surface area (Å²) in [6.07, 6.45) is 4.60. The van der Waals surface area contributed by atoms with Crippen LogP contribution in [-0.2, 0) is 4.79 Å². The van der Waals surface area contributed by atoms with Crippen molar-refractivity contribution in [1.82, 2.24) is 0 Å². The molecule has 1 amide bonds. The zero-order chi connectivity index (χ0) is 15.8. The Balaban J connectivity index is 2.00. The number of thioether (sulfide) groups is 1. The van der Waals surface area contributed by atoms with Gasteiger partial charge in [0, 0.05) is 16.7 Å². The second-order valence-electron chi connectivity index (χ2n) is 4.68. The lowest BCUT2D eigenvalue weighted by Gasteiger charge is -2.09. The Kier molecular flexibility index (Phi) is 5.87. The number of nitrogens with one attached hydrogen (secondary N) is 1. The predicted molar refractivity (Wildman–Crippen MR) is 88.3 cm³/mol. The molecule has 0 spiro atoms. The van der Waals surface area contributed by atoms with Gasteiger partial charge in [0.15, 0.2) is 0 Å². The minimum Gasteiger partial charge on any atom is -0.465 e. The van der Waals surface area contributed by atoms with Crippen LogP contribution in [0.4, 0.5) is 5.69 Å². The van der Waals surface area contributed by atoms with Crippen molar-refractivity contribution < 1.29 is 9.21 Å². The van der Waals surface area contributed by atoms with Crippen molar-refractivity contribution in [3.8, 4) is 6.07 Å². The van der Waals surface area contributed by atoms with Crippen molar-refractivity contribution in [3.05, 3.63) is 54.5 Å². The van der Waals surface area contributed by atoms with Crippen LogP contribution in [0.2, 0.25) is 0 Å². The van der Waals surface area contributed by atoms with Gasteiger partial charge in [-0.05, 0) is 37.3 Å². The van der Waals surface area contributed by atoms with Crippen LogP contribution in [0.25, 0.3) is 6.08 Å². The topological polar surface area (TPSA) is 66.0 Å². The number of amides is 1. The van der Waals surface area contributed by atoms with E-state index in [1.54, 1.807) is 36.2 Å². The minimum atomic E-state index is -0.224. The number of carbonyl (C=O) groups is 1. The number of hydrogen-bond donors (Lipinski definition) is 1. The van der Waals surface area contributed by atoms with Crippen LogP contribution < -0.4 is 5.32 Å². The van der Waals surface area contributed by atoms with Crippen LogP contribution in [0.1, 0.15) is 12.7 Å². The lowest BCUT2D eigenvalue weighted by Crippen LogP contribution is -2.08. The fourth-order valence-electron chi connectivity index (χ4n) is 1.67. The summed E-state index contributed by atoms with van der Waals surface area (Å²) in [5.41, 5.74) is 0.742. The number of carbonyl (C=O) groups excluding carboxylic acids is 1. The van der Waals surface area contributed by atoms with Crippen LogP contribution >= 0.6 is 11.8 Å². The second-order valence-corrected chi connectivity index (χ2v) is 5.74. The molecule has 4 nitrogen and oxygen atoms in total. The first-order chi connectivity index (χ1) is 10.7. The molecule has 1 unspecified atom stereocenters. The van der Waals surface area contributed by atoms with Crippen molar-refractivity contribution in [2.45, 2.75) is 11.8 Å². The van der Waals surface area contributed by atoms with Crippen LogP contribution in [-0.4, -0.2) is 11.7 Å². The van der Waals surface area contributed by atoms with E-state index >= 15 is 0 Å². The standard InChI is InChI=1S/C17H16N2O2S/c1-13(11-18)12-22-16-7-3-2-6-15(16)19-17(20)9-8-14-5-4-10-21-14/h2-10,13H,12H2,1H3,(H,19,20).